The van der Waals surface area contributed by atoms with Gasteiger partial charge < -0.3 is 10.4 Å². The van der Waals surface area contributed by atoms with E-state index in [2.05, 4.69) is 5.32 Å². The standard InChI is InChI=1S/C9H21NO3S/c1-7(2)9(5-11)10-8(3)6-14(4,12)13/h7-11H,5-6H2,1-4H3/t8?,9-/m1/s1. The molecule has 0 radical (unpaired) electrons. The summed E-state index contributed by atoms with van der Waals surface area (Å²) >= 11 is 0. The molecule has 0 amide bonds. The van der Waals surface area contributed by atoms with E-state index >= 15 is 0 Å². The summed E-state index contributed by atoms with van der Waals surface area (Å²) in [4.78, 5) is 0. The zero-order valence-corrected chi connectivity index (χ0v) is 10.1. The maximum absolute atomic E-state index is 11.0. The van der Waals surface area contributed by atoms with Crippen LogP contribution >= 0.6 is 0 Å². The molecule has 14 heavy (non-hydrogen) atoms. The molecule has 0 saturated carbocycles. The second-order valence-electron chi connectivity index (χ2n) is 4.19. The van der Waals surface area contributed by atoms with Crippen molar-refractivity contribution in [2.75, 3.05) is 18.6 Å². The van der Waals surface area contributed by atoms with Crippen LogP contribution in [0.3, 0.4) is 0 Å². The molecule has 0 spiro atoms. The topological polar surface area (TPSA) is 66.4 Å². The van der Waals surface area contributed by atoms with Crippen molar-refractivity contribution in [1.82, 2.24) is 5.32 Å². The van der Waals surface area contributed by atoms with Crippen molar-refractivity contribution in [3.63, 3.8) is 0 Å². The third-order valence-corrected chi connectivity index (χ3v) is 3.16. The Morgan fingerprint density at radius 2 is 1.79 bits per heavy atom. The van der Waals surface area contributed by atoms with E-state index in [0.29, 0.717) is 5.92 Å². The Morgan fingerprint density at radius 3 is 2.07 bits per heavy atom. The highest BCUT2D eigenvalue weighted by Gasteiger charge is 2.17. The smallest absolute Gasteiger partial charge is 0.148 e. The molecule has 0 aromatic heterocycles. The number of aliphatic hydroxyl groups is 1. The van der Waals surface area contributed by atoms with Crippen LogP contribution in [0.1, 0.15) is 20.8 Å². The van der Waals surface area contributed by atoms with Crippen molar-refractivity contribution in [2.45, 2.75) is 32.9 Å². The summed E-state index contributed by atoms with van der Waals surface area (Å²) in [6.45, 7) is 5.82. The quantitative estimate of drug-likeness (QED) is 0.666. The summed E-state index contributed by atoms with van der Waals surface area (Å²) in [7, 11) is -2.95. The summed E-state index contributed by atoms with van der Waals surface area (Å²) in [6.07, 6.45) is 1.22. The zero-order chi connectivity index (χ0) is 11.4. The van der Waals surface area contributed by atoms with Crippen LogP contribution < -0.4 is 5.32 Å². The first-order valence-electron chi connectivity index (χ1n) is 4.81. The Morgan fingerprint density at radius 1 is 1.29 bits per heavy atom. The fraction of sp³-hybridized carbons (Fsp3) is 1.00. The van der Waals surface area contributed by atoms with E-state index in [1.54, 1.807) is 0 Å². The van der Waals surface area contributed by atoms with Crippen LogP contribution in [-0.4, -0.2) is 44.2 Å². The van der Waals surface area contributed by atoms with Crippen molar-refractivity contribution in [3.05, 3.63) is 0 Å². The Labute approximate surface area is 86.6 Å². The molecule has 0 aliphatic rings. The molecule has 0 aliphatic heterocycles. The molecule has 2 N–H and O–H groups in total. The van der Waals surface area contributed by atoms with Gasteiger partial charge in [-0.15, -0.1) is 0 Å². The first-order chi connectivity index (χ1) is 6.26. The van der Waals surface area contributed by atoms with Gasteiger partial charge in [-0.2, -0.15) is 0 Å². The van der Waals surface area contributed by atoms with Crippen LogP contribution in [-0.2, 0) is 9.84 Å². The van der Waals surface area contributed by atoms with Gasteiger partial charge in [-0.25, -0.2) is 8.42 Å². The molecule has 0 saturated heterocycles. The lowest BCUT2D eigenvalue weighted by Gasteiger charge is -2.24. The maximum Gasteiger partial charge on any atom is 0.148 e. The van der Waals surface area contributed by atoms with E-state index in [4.69, 9.17) is 5.11 Å². The highest BCUT2D eigenvalue weighted by atomic mass is 32.2. The Balaban J connectivity index is 4.10. The van der Waals surface area contributed by atoms with Crippen molar-refractivity contribution in [3.8, 4) is 0 Å². The molecule has 0 aromatic carbocycles. The molecule has 1 unspecified atom stereocenters. The zero-order valence-electron chi connectivity index (χ0n) is 9.32. The van der Waals surface area contributed by atoms with Gasteiger partial charge in [-0.3, -0.25) is 0 Å². The summed E-state index contributed by atoms with van der Waals surface area (Å²) in [6, 6.07) is -0.156. The lowest BCUT2D eigenvalue weighted by atomic mass is 10.0. The van der Waals surface area contributed by atoms with Gasteiger partial charge in [-0.1, -0.05) is 13.8 Å². The summed E-state index contributed by atoms with van der Waals surface area (Å²) in [5.74, 6) is 0.401. The number of nitrogens with one attached hydrogen (secondary N) is 1. The number of hydrogen-bond donors (Lipinski definition) is 2. The average Bonchev–Trinajstić information content (AvgIpc) is 1.96. The molecule has 0 fully saturated rings. The van der Waals surface area contributed by atoms with Gasteiger partial charge in [0.05, 0.1) is 12.4 Å². The summed E-state index contributed by atoms with van der Waals surface area (Å²) in [5, 5.41) is 12.1. The van der Waals surface area contributed by atoms with Crippen LogP contribution in [0.5, 0.6) is 0 Å². The van der Waals surface area contributed by atoms with E-state index in [9.17, 15) is 8.42 Å². The van der Waals surface area contributed by atoms with E-state index in [0.717, 1.165) is 0 Å². The number of aliphatic hydroxyl groups excluding tert-OH is 1. The Bertz CT molecular complexity index is 249. The van der Waals surface area contributed by atoms with Crippen LogP contribution in [0, 0.1) is 5.92 Å². The first-order valence-corrected chi connectivity index (χ1v) is 6.87. The van der Waals surface area contributed by atoms with Crippen molar-refractivity contribution < 1.29 is 13.5 Å². The Kier molecular flexibility index (Phi) is 5.63. The van der Waals surface area contributed by atoms with Gasteiger partial charge >= 0.3 is 0 Å². The van der Waals surface area contributed by atoms with E-state index in [-0.39, 0.29) is 24.4 Å². The van der Waals surface area contributed by atoms with Gasteiger partial charge in [0.25, 0.3) is 0 Å². The number of sulfone groups is 1. The average molecular weight is 223 g/mol. The molecular weight excluding hydrogens is 202 g/mol. The minimum Gasteiger partial charge on any atom is -0.395 e. The monoisotopic (exact) mass is 223 g/mol. The minimum atomic E-state index is -2.95. The predicted molar refractivity (Wildman–Crippen MR) is 58.0 cm³/mol. The van der Waals surface area contributed by atoms with Gasteiger partial charge in [0.2, 0.25) is 0 Å². The Hall–Kier alpha value is -0.130. The van der Waals surface area contributed by atoms with Gasteiger partial charge in [0.1, 0.15) is 9.84 Å². The van der Waals surface area contributed by atoms with Gasteiger partial charge in [-0.05, 0) is 12.8 Å². The molecule has 4 nitrogen and oxygen atoms in total. The third kappa shape index (κ3) is 6.34. The third-order valence-electron chi connectivity index (χ3n) is 2.05. The van der Waals surface area contributed by atoms with Crippen molar-refractivity contribution >= 4 is 9.84 Å². The van der Waals surface area contributed by atoms with Crippen LogP contribution in [0.4, 0.5) is 0 Å². The van der Waals surface area contributed by atoms with Gasteiger partial charge in [0.15, 0.2) is 0 Å². The lowest BCUT2D eigenvalue weighted by Crippen LogP contribution is -2.45. The SMILES string of the molecule is CC(CS(C)(=O)=O)N[C@H](CO)C(C)C. The highest BCUT2D eigenvalue weighted by Crippen LogP contribution is 2.02. The van der Waals surface area contributed by atoms with Crippen molar-refractivity contribution in [2.24, 2.45) is 5.92 Å². The molecule has 2 atom stereocenters. The van der Waals surface area contributed by atoms with Gasteiger partial charge in [0, 0.05) is 18.3 Å². The fourth-order valence-corrected chi connectivity index (χ4v) is 2.33. The predicted octanol–water partition coefficient (Wildman–Crippen LogP) is 0.0260. The molecule has 86 valence electrons. The lowest BCUT2D eigenvalue weighted by molar-refractivity contribution is 0.203. The van der Waals surface area contributed by atoms with Crippen molar-refractivity contribution in [1.29, 1.82) is 0 Å². The molecule has 0 bridgehead atoms. The molecule has 0 aromatic rings. The number of hydrogen-bond acceptors (Lipinski definition) is 4. The van der Waals surface area contributed by atoms with Crippen LogP contribution in [0.25, 0.3) is 0 Å². The minimum absolute atomic E-state index is 0.0335. The molecular formula is C9H21NO3S. The molecule has 0 aliphatic carbocycles. The van der Waals surface area contributed by atoms with E-state index in [1.165, 1.54) is 6.26 Å². The molecule has 0 heterocycles. The number of rotatable bonds is 6. The van der Waals surface area contributed by atoms with E-state index < -0.39 is 9.84 Å². The largest absolute Gasteiger partial charge is 0.395 e. The first kappa shape index (κ1) is 13.9. The van der Waals surface area contributed by atoms with Crippen LogP contribution in [0.15, 0.2) is 0 Å². The second kappa shape index (κ2) is 5.68. The summed E-state index contributed by atoms with van der Waals surface area (Å²) in [5.41, 5.74) is 0. The highest BCUT2D eigenvalue weighted by molar-refractivity contribution is 7.90. The summed E-state index contributed by atoms with van der Waals surface area (Å²) < 4.78 is 22.0. The fourth-order valence-electron chi connectivity index (χ4n) is 1.32. The molecule has 5 heteroatoms. The van der Waals surface area contributed by atoms with Crippen LogP contribution in [0.2, 0.25) is 0 Å². The molecule has 0 rings (SSSR count). The normalized spacial score (nSPS) is 17.0. The van der Waals surface area contributed by atoms with E-state index in [1.807, 2.05) is 20.8 Å². The maximum atomic E-state index is 11.0. The second-order valence-corrected chi connectivity index (χ2v) is 6.38.